The van der Waals surface area contributed by atoms with Gasteiger partial charge in [0.2, 0.25) is 0 Å². The molecule has 1 aromatic heterocycles. The lowest BCUT2D eigenvalue weighted by atomic mass is 9.90. The quantitative estimate of drug-likeness (QED) is 0.859. The molecule has 0 unspecified atom stereocenters. The van der Waals surface area contributed by atoms with Crippen LogP contribution in [-0.2, 0) is 22.4 Å². The standard InChI is InChI=1S/C14H23NO2S2/c1-9(2)18-8-11-15-13(14(3,4)5)10(19-11)6-7-12(16)17/h9H,6-8H2,1-5H3,(H,16,17). The van der Waals surface area contributed by atoms with Crippen LogP contribution in [0.2, 0.25) is 0 Å². The number of thioether (sulfide) groups is 1. The lowest BCUT2D eigenvalue weighted by molar-refractivity contribution is -0.136. The minimum Gasteiger partial charge on any atom is -0.481 e. The summed E-state index contributed by atoms with van der Waals surface area (Å²) in [4.78, 5) is 16.6. The van der Waals surface area contributed by atoms with Gasteiger partial charge in [-0.1, -0.05) is 34.6 Å². The van der Waals surface area contributed by atoms with Gasteiger partial charge in [-0.3, -0.25) is 4.79 Å². The van der Waals surface area contributed by atoms with Crippen LogP contribution >= 0.6 is 23.1 Å². The Morgan fingerprint density at radius 2 is 2.05 bits per heavy atom. The summed E-state index contributed by atoms with van der Waals surface area (Å²) < 4.78 is 0. The molecule has 0 spiro atoms. The Bertz CT molecular complexity index is 433. The molecule has 1 rings (SSSR count). The number of rotatable bonds is 6. The first kappa shape index (κ1) is 16.5. The van der Waals surface area contributed by atoms with Gasteiger partial charge in [-0.05, 0) is 11.7 Å². The first-order chi connectivity index (χ1) is 8.70. The van der Waals surface area contributed by atoms with Crippen molar-refractivity contribution in [3.05, 3.63) is 15.6 Å². The van der Waals surface area contributed by atoms with Crippen LogP contribution in [0.25, 0.3) is 0 Å². The van der Waals surface area contributed by atoms with Crippen LogP contribution in [0.3, 0.4) is 0 Å². The highest BCUT2D eigenvalue weighted by Gasteiger charge is 2.23. The first-order valence-corrected chi connectivity index (χ1v) is 8.39. The summed E-state index contributed by atoms with van der Waals surface area (Å²) in [6, 6.07) is 0. The predicted molar refractivity (Wildman–Crippen MR) is 83.2 cm³/mol. The van der Waals surface area contributed by atoms with E-state index < -0.39 is 5.97 Å². The van der Waals surface area contributed by atoms with Crippen LogP contribution in [0.1, 0.15) is 56.6 Å². The Kier molecular flexibility index (Phi) is 5.86. The van der Waals surface area contributed by atoms with E-state index in [9.17, 15) is 4.79 Å². The number of carboxylic acid groups (broad SMARTS) is 1. The molecule has 5 heteroatoms. The van der Waals surface area contributed by atoms with Crippen molar-refractivity contribution in [1.82, 2.24) is 4.98 Å². The highest BCUT2D eigenvalue weighted by molar-refractivity contribution is 7.99. The van der Waals surface area contributed by atoms with Crippen molar-refractivity contribution in [3.8, 4) is 0 Å². The third-order valence-corrected chi connectivity index (χ3v) is 4.96. The molecular formula is C14H23NO2S2. The molecule has 0 saturated carbocycles. The smallest absolute Gasteiger partial charge is 0.303 e. The summed E-state index contributed by atoms with van der Waals surface area (Å²) in [5, 5.41) is 10.5. The minimum absolute atomic E-state index is 0.0227. The molecule has 1 heterocycles. The molecule has 0 bridgehead atoms. The zero-order valence-corrected chi connectivity index (χ0v) is 14.0. The number of hydrogen-bond acceptors (Lipinski definition) is 4. The van der Waals surface area contributed by atoms with Gasteiger partial charge in [0.15, 0.2) is 0 Å². The zero-order valence-electron chi connectivity index (χ0n) is 12.3. The number of carboxylic acids is 1. The molecule has 1 aromatic rings. The van der Waals surface area contributed by atoms with Crippen molar-refractivity contribution in [2.24, 2.45) is 0 Å². The highest BCUT2D eigenvalue weighted by Crippen LogP contribution is 2.32. The monoisotopic (exact) mass is 301 g/mol. The topological polar surface area (TPSA) is 50.2 Å². The number of aliphatic carboxylic acids is 1. The molecule has 1 N–H and O–H groups in total. The van der Waals surface area contributed by atoms with E-state index in [1.165, 1.54) is 0 Å². The van der Waals surface area contributed by atoms with E-state index in [0.29, 0.717) is 11.7 Å². The molecule has 0 amide bonds. The van der Waals surface area contributed by atoms with Crippen molar-refractivity contribution in [1.29, 1.82) is 0 Å². The van der Waals surface area contributed by atoms with Gasteiger partial charge in [0.1, 0.15) is 5.01 Å². The second-order valence-electron chi connectivity index (χ2n) is 5.88. The number of aromatic nitrogens is 1. The van der Waals surface area contributed by atoms with Gasteiger partial charge in [-0.15, -0.1) is 11.3 Å². The fraction of sp³-hybridized carbons (Fsp3) is 0.714. The van der Waals surface area contributed by atoms with Crippen LogP contribution in [0.5, 0.6) is 0 Å². The molecule has 0 aromatic carbocycles. The summed E-state index contributed by atoms with van der Waals surface area (Å²) in [7, 11) is 0. The predicted octanol–water partition coefficient (Wildman–Crippen LogP) is 4.10. The van der Waals surface area contributed by atoms with E-state index in [-0.39, 0.29) is 11.8 Å². The number of hydrogen-bond donors (Lipinski definition) is 1. The second kappa shape index (κ2) is 6.75. The highest BCUT2D eigenvalue weighted by atomic mass is 32.2. The van der Waals surface area contributed by atoms with Gasteiger partial charge in [0, 0.05) is 16.0 Å². The third kappa shape index (κ3) is 5.53. The van der Waals surface area contributed by atoms with Gasteiger partial charge < -0.3 is 5.11 Å². The van der Waals surface area contributed by atoms with Gasteiger partial charge in [0.25, 0.3) is 0 Å². The fourth-order valence-electron chi connectivity index (χ4n) is 1.68. The summed E-state index contributed by atoms with van der Waals surface area (Å²) in [5.74, 6) is 0.171. The van der Waals surface area contributed by atoms with E-state index in [2.05, 4.69) is 34.6 Å². The summed E-state index contributed by atoms with van der Waals surface area (Å²) in [5.41, 5.74) is 1.04. The number of carbonyl (C=O) groups is 1. The van der Waals surface area contributed by atoms with Gasteiger partial charge in [0.05, 0.1) is 12.1 Å². The molecule has 0 radical (unpaired) electrons. The molecule has 0 saturated heterocycles. The SMILES string of the molecule is CC(C)SCc1nc(C(C)(C)C)c(CCC(=O)O)s1. The van der Waals surface area contributed by atoms with Crippen LogP contribution in [-0.4, -0.2) is 21.3 Å². The Labute approximate surface area is 123 Å². The van der Waals surface area contributed by atoms with E-state index >= 15 is 0 Å². The van der Waals surface area contributed by atoms with Crippen molar-refractivity contribution in [2.45, 2.75) is 63.9 Å². The fourth-order valence-corrected chi connectivity index (χ4v) is 3.73. The van der Waals surface area contributed by atoms with Gasteiger partial charge in [-0.2, -0.15) is 11.8 Å². The van der Waals surface area contributed by atoms with Crippen LogP contribution in [0.4, 0.5) is 0 Å². The van der Waals surface area contributed by atoms with Crippen LogP contribution in [0, 0.1) is 0 Å². The number of aryl methyl sites for hydroxylation is 1. The van der Waals surface area contributed by atoms with Gasteiger partial charge >= 0.3 is 5.97 Å². The molecular weight excluding hydrogens is 278 g/mol. The second-order valence-corrected chi connectivity index (χ2v) is 8.62. The zero-order chi connectivity index (χ0) is 14.6. The Morgan fingerprint density at radius 1 is 1.42 bits per heavy atom. The average Bonchev–Trinajstić information content (AvgIpc) is 2.66. The molecule has 3 nitrogen and oxygen atoms in total. The van der Waals surface area contributed by atoms with Crippen molar-refractivity contribution in [2.75, 3.05) is 0 Å². The minimum atomic E-state index is -0.744. The molecule has 19 heavy (non-hydrogen) atoms. The largest absolute Gasteiger partial charge is 0.481 e. The molecule has 0 aliphatic carbocycles. The Hall–Kier alpha value is -0.550. The van der Waals surface area contributed by atoms with Crippen LogP contribution < -0.4 is 0 Å². The molecule has 0 aliphatic heterocycles. The summed E-state index contributed by atoms with van der Waals surface area (Å²) in [6.45, 7) is 10.7. The Morgan fingerprint density at radius 3 is 2.53 bits per heavy atom. The lowest BCUT2D eigenvalue weighted by Gasteiger charge is -2.17. The Balaban J connectivity index is 2.89. The number of nitrogens with zero attached hydrogens (tertiary/aromatic N) is 1. The van der Waals surface area contributed by atoms with Crippen molar-refractivity contribution in [3.63, 3.8) is 0 Å². The summed E-state index contributed by atoms with van der Waals surface area (Å²) in [6.07, 6.45) is 0.772. The third-order valence-electron chi connectivity index (χ3n) is 2.56. The van der Waals surface area contributed by atoms with E-state index in [4.69, 9.17) is 10.1 Å². The van der Waals surface area contributed by atoms with Crippen LogP contribution in [0.15, 0.2) is 0 Å². The van der Waals surface area contributed by atoms with Crippen molar-refractivity contribution >= 4 is 29.1 Å². The first-order valence-electron chi connectivity index (χ1n) is 6.52. The molecule has 0 atom stereocenters. The molecule has 108 valence electrons. The summed E-state index contributed by atoms with van der Waals surface area (Å²) >= 11 is 3.55. The lowest BCUT2D eigenvalue weighted by Crippen LogP contribution is -2.14. The van der Waals surface area contributed by atoms with E-state index in [1.54, 1.807) is 11.3 Å². The average molecular weight is 301 g/mol. The maximum Gasteiger partial charge on any atom is 0.303 e. The maximum absolute atomic E-state index is 10.7. The molecule has 0 fully saturated rings. The van der Waals surface area contributed by atoms with Crippen molar-refractivity contribution < 1.29 is 9.90 Å². The normalized spacial score (nSPS) is 12.1. The number of thiazole rings is 1. The van der Waals surface area contributed by atoms with E-state index in [0.717, 1.165) is 21.3 Å². The van der Waals surface area contributed by atoms with E-state index in [1.807, 2.05) is 11.8 Å². The maximum atomic E-state index is 10.7. The molecule has 0 aliphatic rings. The van der Waals surface area contributed by atoms with Gasteiger partial charge in [-0.25, -0.2) is 4.98 Å².